The molecule has 0 aromatic carbocycles. The average Bonchev–Trinajstić information content (AvgIpc) is 2.47. The molecule has 12 saturated carbocycles. The van der Waals surface area contributed by atoms with Gasteiger partial charge in [0.2, 0.25) is 0 Å². The van der Waals surface area contributed by atoms with E-state index in [4.69, 9.17) is 0 Å². The summed E-state index contributed by atoms with van der Waals surface area (Å²) in [5.41, 5.74) is 0.767. The lowest BCUT2D eigenvalue weighted by Crippen LogP contribution is -3.12. The molecule has 12 rings (SSSR count). The third-order valence-electron chi connectivity index (χ3n) is 11.7. The average molecular weight is 234 g/mol. The molecule has 0 unspecified atom stereocenters. The molecule has 0 heterocycles. The number of hydrogen-bond acceptors (Lipinski definition) is 1. The number of rotatable bonds is 2. The highest BCUT2D eigenvalue weighted by atomic mass is 16.1. The standard InChI is InChI=1S/C17H14O/c18-15(16-9-3-1-4(9)11(16)5(1)10(3)16)17-12-6-2-7(12)14(17)8(2)13(6)17/h1-14H. The van der Waals surface area contributed by atoms with Crippen molar-refractivity contribution in [3.05, 3.63) is 0 Å². The van der Waals surface area contributed by atoms with Crippen LogP contribution in [0.25, 0.3) is 0 Å². The van der Waals surface area contributed by atoms with Crippen molar-refractivity contribution in [1.29, 1.82) is 0 Å². The molecule has 0 N–H and O–H groups in total. The number of carbonyl (C=O) groups is 1. The minimum atomic E-state index is 0.384. The predicted octanol–water partition coefficient (Wildman–Crippen LogP) is 1.29. The van der Waals surface area contributed by atoms with E-state index in [1.807, 2.05) is 0 Å². The molecule has 0 bridgehead atoms. The van der Waals surface area contributed by atoms with Gasteiger partial charge in [0.25, 0.3) is 0 Å². The van der Waals surface area contributed by atoms with Crippen LogP contribution in [0.5, 0.6) is 0 Å². The molecule has 12 fully saturated rings. The zero-order valence-electron chi connectivity index (χ0n) is 9.99. The molecule has 0 amide bonds. The fourth-order valence-corrected chi connectivity index (χ4v) is 12.1. The number of ketones is 1. The fraction of sp³-hybridized carbons (Fsp3) is 0.941. The van der Waals surface area contributed by atoms with E-state index in [9.17, 15) is 4.79 Å². The topological polar surface area (TPSA) is 17.1 Å². The van der Waals surface area contributed by atoms with E-state index in [0.717, 1.165) is 76.8 Å². The van der Waals surface area contributed by atoms with Gasteiger partial charge in [-0.2, -0.15) is 0 Å². The monoisotopic (exact) mass is 234 g/mol. The van der Waals surface area contributed by atoms with Crippen molar-refractivity contribution in [2.75, 3.05) is 0 Å². The molecule has 88 valence electrons. The Morgan fingerprint density at radius 2 is 0.778 bits per heavy atom. The summed E-state index contributed by atoms with van der Waals surface area (Å²) < 4.78 is 0. The Labute approximate surface area is 105 Å². The normalized spacial score (nSPS) is 106. The molecular formula is C17H14O. The molecule has 12 aliphatic rings. The first-order valence-electron chi connectivity index (χ1n) is 8.44. The molecule has 0 aliphatic heterocycles. The Bertz CT molecular complexity index is 543. The van der Waals surface area contributed by atoms with E-state index in [1.165, 1.54) is 11.8 Å². The van der Waals surface area contributed by atoms with Gasteiger partial charge in [-0.15, -0.1) is 0 Å². The first kappa shape index (κ1) is 6.90. The van der Waals surface area contributed by atoms with Crippen molar-refractivity contribution in [2.45, 2.75) is 0 Å². The zero-order chi connectivity index (χ0) is 10.7. The molecule has 0 atom stereocenters. The van der Waals surface area contributed by atoms with Crippen molar-refractivity contribution in [1.82, 2.24) is 0 Å². The molecule has 1 nitrogen and oxygen atoms in total. The van der Waals surface area contributed by atoms with Gasteiger partial charge in [0.15, 0.2) is 0 Å². The van der Waals surface area contributed by atoms with Gasteiger partial charge >= 0.3 is 0 Å². The first-order chi connectivity index (χ1) is 8.89. The van der Waals surface area contributed by atoms with Crippen LogP contribution in [0.2, 0.25) is 0 Å². The molecule has 0 aromatic heterocycles. The van der Waals surface area contributed by atoms with E-state index in [1.54, 1.807) is 0 Å². The maximum Gasteiger partial charge on any atom is 0.146 e. The van der Waals surface area contributed by atoms with Gasteiger partial charge in [-0.1, -0.05) is 0 Å². The van der Waals surface area contributed by atoms with Crippen LogP contribution < -0.4 is 0 Å². The lowest BCUT2D eigenvalue weighted by molar-refractivity contribution is -0.624. The summed E-state index contributed by atoms with van der Waals surface area (Å²) in [4.78, 5) is 13.4. The van der Waals surface area contributed by atoms with E-state index in [-0.39, 0.29) is 0 Å². The lowest BCUT2D eigenvalue weighted by atomic mass is 8.91. The zero-order valence-corrected chi connectivity index (χ0v) is 9.99. The Hall–Kier alpha value is -0.330. The number of hydrogen-bond donors (Lipinski definition) is 0. The van der Waals surface area contributed by atoms with Crippen LogP contribution in [-0.4, -0.2) is 5.78 Å². The van der Waals surface area contributed by atoms with Crippen molar-refractivity contribution < 1.29 is 4.79 Å². The Kier molecular flexibility index (Phi) is 0.489. The predicted molar refractivity (Wildman–Crippen MR) is 58.7 cm³/mol. The summed E-state index contributed by atoms with van der Waals surface area (Å²) in [5.74, 6) is 15.7. The molecule has 0 radical (unpaired) electrons. The third kappa shape index (κ3) is 0.235. The van der Waals surface area contributed by atoms with Crippen molar-refractivity contribution >= 4 is 5.78 Å². The van der Waals surface area contributed by atoms with Crippen molar-refractivity contribution in [2.24, 2.45) is 93.7 Å². The van der Waals surface area contributed by atoms with Crippen LogP contribution >= 0.6 is 0 Å². The molecule has 0 aromatic rings. The molecule has 1 heteroatoms. The highest BCUT2D eigenvalue weighted by molar-refractivity contribution is 6.02. The number of Topliss-reactive ketones (excluding diaryl/α,β-unsaturated/α-hetero) is 1. The Morgan fingerprint density at radius 3 is 1.06 bits per heavy atom. The fourth-order valence-electron chi connectivity index (χ4n) is 12.1. The second-order valence-electron chi connectivity index (χ2n) is 9.97. The van der Waals surface area contributed by atoms with E-state index in [2.05, 4.69) is 0 Å². The third-order valence-corrected chi connectivity index (χ3v) is 11.7. The maximum absolute atomic E-state index is 13.4. The molecular weight excluding hydrogens is 220 g/mol. The van der Waals surface area contributed by atoms with Crippen LogP contribution in [0.4, 0.5) is 0 Å². The molecule has 0 spiro atoms. The summed E-state index contributed by atoms with van der Waals surface area (Å²) in [7, 11) is 0. The smallest absolute Gasteiger partial charge is 0.146 e. The minimum Gasteiger partial charge on any atom is -0.298 e. The lowest BCUT2D eigenvalue weighted by Gasteiger charge is -3.11. The minimum absolute atomic E-state index is 0.384. The van der Waals surface area contributed by atoms with E-state index in [0.29, 0.717) is 10.8 Å². The van der Waals surface area contributed by atoms with Crippen LogP contribution in [-0.2, 0) is 4.79 Å². The van der Waals surface area contributed by atoms with Crippen LogP contribution in [0, 0.1) is 93.7 Å². The summed E-state index contributed by atoms with van der Waals surface area (Å²) in [6.45, 7) is 0. The second kappa shape index (κ2) is 1.27. The van der Waals surface area contributed by atoms with Gasteiger partial charge in [-0.3, -0.25) is 4.79 Å². The van der Waals surface area contributed by atoms with Gasteiger partial charge in [0, 0.05) is 10.8 Å². The van der Waals surface area contributed by atoms with Gasteiger partial charge < -0.3 is 0 Å². The Morgan fingerprint density at radius 1 is 0.500 bits per heavy atom. The largest absolute Gasteiger partial charge is 0.298 e. The van der Waals surface area contributed by atoms with Gasteiger partial charge in [0.05, 0.1) is 0 Å². The van der Waals surface area contributed by atoms with Crippen LogP contribution in [0.1, 0.15) is 0 Å². The van der Waals surface area contributed by atoms with E-state index >= 15 is 0 Å². The highest BCUT2D eigenvalue weighted by Crippen LogP contribution is 3.11. The molecule has 12 aliphatic carbocycles. The molecule has 18 heavy (non-hydrogen) atoms. The first-order valence-corrected chi connectivity index (χ1v) is 8.44. The summed E-state index contributed by atoms with van der Waals surface area (Å²) in [6.07, 6.45) is 0. The van der Waals surface area contributed by atoms with Gasteiger partial charge in [0.1, 0.15) is 5.78 Å². The maximum atomic E-state index is 13.4. The molecule has 0 saturated heterocycles. The van der Waals surface area contributed by atoms with E-state index < -0.39 is 0 Å². The van der Waals surface area contributed by atoms with Crippen molar-refractivity contribution in [3.8, 4) is 0 Å². The summed E-state index contributed by atoms with van der Waals surface area (Å²) >= 11 is 0. The van der Waals surface area contributed by atoms with Gasteiger partial charge in [-0.25, -0.2) is 0 Å². The summed E-state index contributed by atoms with van der Waals surface area (Å²) in [6, 6.07) is 0. The quantitative estimate of drug-likeness (QED) is 0.703. The van der Waals surface area contributed by atoms with Gasteiger partial charge in [-0.05, 0) is 82.9 Å². The Balaban J connectivity index is 1.22. The van der Waals surface area contributed by atoms with Crippen molar-refractivity contribution in [3.63, 3.8) is 0 Å². The summed E-state index contributed by atoms with van der Waals surface area (Å²) in [5, 5.41) is 0. The SMILES string of the molecule is O=C(C12C3C4C5C3C1C5C42)C12C3C4C5C3C1C5C42. The number of carbonyl (C=O) groups excluding carboxylic acids is 1. The second-order valence-corrected chi connectivity index (χ2v) is 9.97. The van der Waals surface area contributed by atoms with Crippen LogP contribution in [0.3, 0.4) is 0 Å². The highest BCUT2D eigenvalue weighted by Gasteiger charge is 3.11. The van der Waals surface area contributed by atoms with Crippen LogP contribution in [0.15, 0.2) is 0 Å².